The monoisotopic (exact) mass is 308 g/mol. The van der Waals surface area contributed by atoms with Crippen LogP contribution in [-0.4, -0.2) is 35.4 Å². The Labute approximate surface area is 126 Å². The molecule has 1 aromatic carbocycles. The average Bonchev–Trinajstić information content (AvgIpc) is 3.00. The van der Waals surface area contributed by atoms with Crippen LogP contribution >= 0.6 is 0 Å². The highest BCUT2D eigenvalue weighted by atomic mass is 16.6. The van der Waals surface area contributed by atoms with Crippen LogP contribution < -0.4 is 9.47 Å². The van der Waals surface area contributed by atoms with E-state index >= 15 is 0 Å². The summed E-state index contributed by atoms with van der Waals surface area (Å²) in [5, 5.41) is 19.0. The zero-order valence-corrected chi connectivity index (χ0v) is 12.4. The van der Waals surface area contributed by atoms with Gasteiger partial charge in [-0.3, -0.25) is 4.79 Å². The van der Waals surface area contributed by atoms with Gasteiger partial charge in [0.05, 0.1) is 13.0 Å². The van der Waals surface area contributed by atoms with Crippen LogP contribution in [0.1, 0.15) is 40.3 Å². The van der Waals surface area contributed by atoms with Crippen molar-refractivity contribution in [2.75, 3.05) is 7.11 Å². The fourth-order valence-electron chi connectivity index (χ4n) is 3.07. The SMILES string of the molecule is COc1c(C)c2c(c3c1CC(C(C)C(=O)O)O3)C(=O)OC2O. The van der Waals surface area contributed by atoms with E-state index in [0.29, 0.717) is 28.9 Å². The number of aliphatic hydroxyl groups is 1. The van der Waals surface area contributed by atoms with Crippen LogP contribution in [0.5, 0.6) is 11.5 Å². The number of cyclic esters (lactones) is 1. The van der Waals surface area contributed by atoms with Crippen molar-refractivity contribution in [3.05, 3.63) is 22.3 Å². The van der Waals surface area contributed by atoms with Crippen LogP contribution in [0.3, 0.4) is 0 Å². The summed E-state index contributed by atoms with van der Waals surface area (Å²) in [6.07, 6.45) is -1.64. The van der Waals surface area contributed by atoms with Crippen LogP contribution in [-0.2, 0) is 16.0 Å². The number of aliphatic hydroxyl groups excluding tert-OH is 1. The van der Waals surface area contributed by atoms with Gasteiger partial charge in [0.2, 0.25) is 6.29 Å². The van der Waals surface area contributed by atoms with Gasteiger partial charge in [0, 0.05) is 23.1 Å². The van der Waals surface area contributed by atoms with Gasteiger partial charge in [-0.15, -0.1) is 0 Å². The first-order valence-electron chi connectivity index (χ1n) is 6.88. The molecule has 0 aliphatic carbocycles. The second kappa shape index (κ2) is 4.88. The number of ether oxygens (including phenoxy) is 3. The third-order valence-corrected chi connectivity index (χ3v) is 4.28. The van der Waals surface area contributed by atoms with Crippen molar-refractivity contribution in [1.82, 2.24) is 0 Å². The van der Waals surface area contributed by atoms with E-state index < -0.39 is 30.3 Å². The zero-order valence-electron chi connectivity index (χ0n) is 12.4. The number of fused-ring (bicyclic) bond motifs is 3. The van der Waals surface area contributed by atoms with Gasteiger partial charge in [-0.25, -0.2) is 4.79 Å². The van der Waals surface area contributed by atoms with Gasteiger partial charge in [-0.2, -0.15) is 0 Å². The molecule has 7 nitrogen and oxygen atoms in total. The minimum Gasteiger partial charge on any atom is -0.496 e. The number of methoxy groups -OCH3 is 1. The maximum Gasteiger partial charge on any atom is 0.345 e. The van der Waals surface area contributed by atoms with Crippen molar-refractivity contribution in [3.63, 3.8) is 0 Å². The molecular weight excluding hydrogens is 292 g/mol. The first kappa shape index (κ1) is 14.6. The summed E-state index contributed by atoms with van der Waals surface area (Å²) in [6, 6.07) is 0. The van der Waals surface area contributed by atoms with E-state index in [1.54, 1.807) is 13.8 Å². The van der Waals surface area contributed by atoms with Crippen molar-refractivity contribution in [1.29, 1.82) is 0 Å². The Balaban J connectivity index is 2.16. The van der Waals surface area contributed by atoms with Gasteiger partial charge >= 0.3 is 11.9 Å². The lowest BCUT2D eigenvalue weighted by molar-refractivity contribution is -0.143. The summed E-state index contributed by atoms with van der Waals surface area (Å²) >= 11 is 0. The molecule has 2 aliphatic rings. The van der Waals surface area contributed by atoms with Crippen LogP contribution in [0.4, 0.5) is 0 Å². The molecule has 2 N–H and O–H groups in total. The molecule has 3 atom stereocenters. The van der Waals surface area contributed by atoms with E-state index in [1.807, 2.05) is 0 Å². The third-order valence-electron chi connectivity index (χ3n) is 4.28. The topological polar surface area (TPSA) is 102 Å². The Morgan fingerprint density at radius 3 is 2.68 bits per heavy atom. The number of carbonyl (C=O) groups is 2. The van der Waals surface area contributed by atoms with E-state index in [2.05, 4.69) is 0 Å². The Morgan fingerprint density at radius 1 is 1.41 bits per heavy atom. The molecule has 0 radical (unpaired) electrons. The standard InChI is InChI=1S/C15H16O7/c1-5(13(16)17)8-4-7-11(20-3)6(2)9-10(12(7)21-8)15(19)22-14(9)18/h5,8,14,18H,4H2,1-3H3,(H,16,17). The average molecular weight is 308 g/mol. The molecular formula is C15H16O7. The quantitative estimate of drug-likeness (QED) is 0.808. The number of hydrogen-bond donors (Lipinski definition) is 2. The predicted molar refractivity (Wildman–Crippen MR) is 73.0 cm³/mol. The fraction of sp³-hybridized carbons (Fsp3) is 0.467. The Bertz CT molecular complexity index is 679. The maximum atomic E-state index is 12.0. The van der Waals surface area contributed by atoms with E-state index in [1.165, 1.54) is 7.11 Å². The highest BCUT2D eigenvalue weighted by Gasteiger charge is 2.43. The molecule has 22 heavy (non-hydrogen) atoms. The molecule has 0 amide bonds. The normalized spacial score (nSPS) is 23.4. The summed E-state index contributed by atoms with van der Waals surface area (Å²) in [5.74, 6) is -1.64. The Morgan fingerprint density at radius 2 is 2.09 bits per heavy atom. The number of carboxylic acid groups (broad SMARTS) is 1. The highest BCUT2D eigenvalue weighted by molar-refractivity contribution is 5.99. The van der Waals surface area contributed by atoms with Crippen molar-refractivity contribution in [3.8, 4) is 11.5 Å². The van der Waals surface area contributed by atoms with Gasteiger partial charge in [-0.1, -0.05) is 0 Å². The second-order valence-corrected chi connectivity index (χ2v) is 5.50. The fourth-order valence-corrected chi connectivity index (χ4v) is 3.07. The molecule has 118 valence electrons. The third kappa shape index (κ3) is 1.85. The molecule has 7 heteroatoms. The van der Waals surface area contributed by atoms with Gasteiger partial charge in [0.1, 0.15) is 23.2 Å². The zero-order chi connectivity index (χ0) is 16.2. The number of rotatable bonds is 3. The predicted octanol–water partition coefficient (Wildman–Crippen LogP) is 1.19. The minimum absolute atomic E-state index is 0.167. The Hall–Kier alpha value is -2.28. The van der Waals surface area contributed by atoms with E-state index in [9.17, 15) is 14.7 Å². The van der Waals surface area contributed by atoms with Gasteiger partial charge in [0.25, 0.3) is 0 Å². The Kier molecular flexibility index (Phi) is 3.25. The lowest BCUT2D eigenvalue weighted by atomic mass is 9.93. The van der Waals surface area contributed by atoms with Gasteiger partial charge in [-0.05, 0) is 13.8 Å². The van der Waals surface area contributed by atoms with Crippen molar-refractivity contribution in [2.24, 2.45) is 5.92 Å². The van der Waals surface area contributed by atoms with Gasteiger partial charge < -0.3 is 24.4 Å². The van der Waals surface area contributed by atoms with Crippen molar-refractivity contribution in [2.45, 2.75) is 32.7 Å². The number of carbonyl (C=O) groups excluding carboxylic acids is 1. The van der Waals surface area contributed by atoms with E-state index in [0.717, 1.165) is 0 Å². The van der Waals surface area contributed by atoms with Crippen LogP contribution in [0.25, 0.3) is 0 Å². The molecule has 0 spiro atoms. The van der Waals surface area contributed by atoms with Gasteiger partial charge in [0.15, 0.2) is 0 Å². The maximum absolute atomic E-state index is 12.0. The molecule has 3 rings (SSSR count). The lowest BCUT2D eigenvalue weighted by Crippen LogP contribution is -2.29. The highest BCUT2D eigenvalue weighted by Crippen LogP contribution is 2.49. The second-order valence-electron chi connectivity index (χ2n) is 5.50. The molecule has 3 unspecified atom stereocenters. The summed E-state index contributed by atoms with van der Waals surface area (Å²) in [7, 11) is 1.48. The molecule has 2 aliphatic heterocycles. The first-order chi connectivity index (χ1) is 10.4. The van der Waals surface area contributed by atoms with Crippen LogP contribution in [0.2, 0.25) is 0 Å². The van der Waals surface area contributed by atoms with Crippen LogP contribution in [0.15, 0.2) is 0 Å². The molecule has 2 heterocycles. The molecule has 1 aromatic rings. The van der Waals surface area contributed by atoms with E-state index in [4.69, 9.17) is 19.3 Å². The summed E-state index contributed by atoms with van der Waals surface area (Å²) < 4.78 is 15.9. The summed E-state index contributed by atoms with van der Waals surface area (Å²) in [6.45, 7) is 3.27. The lowest BCUT2D eigenvalue weighted by Gasteiger charge is -2.15. The molecule has 0 fully saturated rings. The molecule has 0 saturated carbocycles. The summed E-state index contributed by atoms with van der Waals surface area (Å²) in [4.78, 5) is 23.1. The van der Waals surface area contributed by atoms with Crippen molar-refractivity contribution < 1.29 is 34.0 Å². The largest absolute Gasteiger partial charge is 0.496 e. The van der Waals surface area contributed by atoms with E-state index in [-0.39, 0.29) is 11.3 Å². The number of aliphatic carboxylic acids is 1. The first-order valence-corrected chi connectivity index (χ1v) is 6.88. The smallest absolute Gasteiger partial charge is 0.345 e. The number of hydrogen-bond acceptors (Lipinski definition) is 6. The van der Waals surface area contributed by atoms with Crippen LogP contribution in [0, 0.1) is 12.8 Å². The molecule has 0 bridgehead atoms. The minimum atomic E-state index is -1.36. The van der Waals surface area contributed by atoms with Crippen molar-refractivity contribution >= 4 is 11.9 Å². The number of carboxylic acids is 1. The number of esters is 1. The summed E-state index contributed by atoms with van der Waals surface area (Å²) in [5.41, 5.74) is 1.73. The number of benzene rings is 1. The molecule has 0 aromatic heterocycles. The molecule has 0 saturated heterocycles.